The first kappa shape index (κ1) is 20.0. The van der Waals surface area contributed by atoms with Crippen molar-refractivity contribution >= 4 is 11.8 Å². The van der Waals surface area contributed by atoms with Crippen LogP contribution in [0.2, 0.25) is 0 Å². The molecule has 0 saturated heterocycles. The summed E-state index contributed by atoms with van der Waals surface area (Å²) in [7, 11) is 0. The maximum absolute atomic E-state index is 12.4. The van der Waals surface area contributed by atoms with Crippen molar-refractivity contribution in [3.05, 3.63) is 53.3 Å². The van der Waals surface area contributed by atoms with Gasteiger partial charge in [0.2, 0.25) is 0 Å². The van der Waals surface area contributed by atoms with Gasteiger partial charge in [-0.1, -0.05) is 19.8 Å². The molecule has 1 aromatic carbocycles. The third-order valence-corrected chi connectivity index (χ3v) is 5.43. The lowest BCUT2D eigenvalue weighted by Crippen LogP contribution is -2.43. The molecule has 2 aromatic rings. The molecule has 6 heteroatoms. The van der Waals surface area contributed by atoms with E-state index >= 15 is 0 Å². The van der Waals surface area contributed by atoms with Crippen LogP contribution in [0.4, 0.5) is 0 Å². The number of nitrogens with one attached hydrogen (secondary N) is 2. The van der Waals surface area contributed by atoms with E-state index in [1.54, 1.807) is 28.9 Å². The van der Waals surface area contributed by atoms with Crippen molar-refractivity contribution in [2.75, 3.05) is 12.0 Å². The van der Waals surface area contributed by atoms with Crippen LogP contribution in [0.15, 0.2) is 36.4 Å². The molecule has 150 valence electrons. The molecule has 3 rings (SSSR count). The number of benzene rings is 1. The van der Waals surface area contributed by atoms with Gasteiger partial charge in [0, 0.05) is 23.0 Å². The van der Waals surface area contributed by atoms with Gasteiger partial charge >= 0.3 is 0 Å². The summed E-state index contributed by atoms with van der Waals surface area (Å²) in [6.07, 6.45) is 4.61. The Morgan fingerprint density at radius 2 is 1.68 bits per heavy atom. The third kappa shape index (κ3) is 4.94. The summed E-state index contributed by atoms with van der Waals surface area (Å²) in [4.78, 5) is 24.6. The van der Waals surface area contributed by atoms with Gasteiger partial charge in [0.05, 0.1) is 0 Å². The molecule has 2 N–H and O–H groups in total. The SMILES string of the molecule is Cc1ccc(C)n1NC(=O)c1ccc(OCC(=O)N[C@@H]2CCCC[C@H]2C)cc1. The molecular weight excluding hydrogens is 354 g/mol. The number of aryl methyl sites for hydroxylation is 2. The second-order valence-electron chi connectivity index (χ2n) is 7.64. The number of rotatable bonds is 6. The molecule has 0 aliphatic heterocycles. The number of carbonyl (C=O) groups excluding carboxylic acids is 2. The van der Waals surface area contributed by atoms with E-state index in [1.165, 1.54) is 12.8 Å². The van der Waals surface area contributed by atoms with Crippen LogP contribution in [0.25, 0.3) is 0 Å². The summed E-state index contributed by atoms with van der Waals surface area (Å²) in [6.45, 7) is 6.04. The lowest BCUT2D eigenvalue weighted by Gasteiger charge is -2.29. The molecule has 1 aliphatic rings. The van der Waals surface area contributed by atoms with Gasteiger partial charge in [0.1, 0.15) is 5.75 Å². The monoisotopic (exact) mass is 383 g/mol. The topological polar surface area (TPSA) is 72.4 Å². The van der Waals surface area contributed by atoms with E-state index in [1.807, 2.05) is 26.0 Å². The Bertz CT molecular complexity index is 807. The van der Waals surface area contributed by atoms with E-state index in [0.717, 1.165) is 24.2 Å². The minimum Gasteiger partial charge on any atom is -0.484 e. The van der Waals surface area contributed by atoms with E-state index in [9.17, 15) is 9.59 Å². The average Bonchev–Trinajstić information content (AvgIpc) is 3.00. The molecule has 0 radical (unpaired) electrons. The van der Waals surface area contributed by atoms with Crippen LogP contribution >= 0.6 is 0 Å². The molecule has 1 fully saturated rings. The molecule has 1 aliphatic carbocycles. The van der Waals surface area contributed by atoms with Crippen molar-refractivity contribution in [2.24, 2.45) is 5.92 Å². The molecule has 28 heavy (non-hydrogen) atoms. The smallest absolute Gasteiger partial charge is 0.270 e. The van der Waals surface area contributed by atoms with Crippen molar-refractivity contribution in [1.82, 2.24) is 9.99 Å². The minimum atomic E-state index is -0.196. The number of nitrogens with zero attached hydrogens (tertiary/aromatic N) is 1. The van der Waals surface area contributed by atoms with Crippen LogP contribution in [0, 0.1) is 19.8 Å². The summed E-state index contributed by atoms with van der Waals surface area (Å²) >= 11 is 0. The molecule has 6 nitrogen and oxygen atoms in total. The van der Waals surface area contributed by atoms with Crippen LogP contribution in [0.3, 0.4) is 0 Å². The number of carbonyl (C=O) groups is 2. The lowest BCUT2D eigenvalue weighted by atomic mass is 9.86. The predicted octanol–water partition coefficient (Wildman–Crippen LogP) is 3.56. The molecular formula is C22H29N3O3. The molecule has 2 amide bonds. The Morgan fingerprint density at radius 3 is 2.32 bits per heavy atom. The maximum atomic E-state index is 12.4. The van der Waals surface area contributed by atoms with Crippen molar-refractivity contribution in [3.8, 4) is 5.75 Å². The Morgan fingerprint density at radius 1 is 1.04 bits per heavy atom. The molecule has 1 aromatic heterocycles. The zero-order valence-electron chi connectivity index (χ0n) is 16.8. The number of aromatic nitrogens is 1. The summed E-state index contributed by atoms with van der Waals surface area (Å²) in [5.74, 6) is 0.789. The standard InChI is InChI=1S/C22H29N3O3/c1-15-6-4-5-7-20(15)23-21(26)14-28-19-12-10-18(11-13-19)22(27)24-25-16(2)8-9-17(25)3/h8-13,15,20H,4-7,14H2,1-3H3,(H,23,26)(H,24,27)/t15-,20-/m1/s1. The second kappa shape index (κ2) is 8.95. The van der Waals surface area contributed by atoms with Gasteiger partial charge < -0.3 is 10.1 Å². The number of ether oxygens (including phenoxy) is 1. The van der Waals surface area contributed by atoms with Crippen LogP contribution in [0.5, 0.6) is 5.75 Å². The van der Waals surface area contributed by atoms with Crippen molar-refractivity contribution in [3.63, 3.8) is 0 Å². The normalized spacial score (nSPS) is 19.1. The first-order valence-corrected chi connectivity index (χ1v) is 9.92. The van der Waals surface area contributed by atoms with E-state index in [2.05, 4.69) is 17.7 Å². The molecule has 1 saturated carbocycles. The third-order valence-electron chi connectivity index (χ3n) is 5.43. The lowest BCUT2D eigenvalue weighted by molar-refractivity contribution is -0.124. The quantitative estimate of drug-likeness (QED) is 0.801. The minimum absolute atomic E-state index is 0.0173. The van der Waals surface area contributed by atoms with Gasteiger partial charge in [-0.2, -0.15) is 0 Å². The van der Waals surface area contributed by atoms with Gasteiger partial charge in [-0.15, -0.1) is 0 Å². The largest absolute Gasteiger partial charge is 0.484 e. The highest BCUT2D eigenvalue weighted by Crippen LogP contribution is 2.23. The number of hydrogen-bond donors (Lipinski definition) is 2. The second-order valence-corrected chi connectivity index (χ2v) is 7.64. The van der Waals surface area contributed by atoms with Crippen LogP contribution in [-0.2, 0) is 4.79 Å². The molecule has 0 spiro atoms. The zero-order chi connectivity index (χ0) is 20.1. The summed E-state index contributed by atoms with van der Waals surface area (Å²) in [6, 6.07) is 11.0. The average molecular weight is 383 g/mol. The Labute approximate surface area is 166 Å². The van der Waals surface area contributed by atoms with E-state index in [0.29, 0.717) is 17.2 Å². The van der Waals surface area contributed by atoms with Gasteiger partial charge in [0.15, 0.2) is 6.61 Å². The molecule has 2 atom stereocenters. The van der Waals surface area contributed by atoms with Crippen molar-refractivity contribution in [1.29, 1.82) is 0 Å². The summed E-state index contributed by atoms with van der Waals surface area (Å²) in [5.41, 5.74) is 5.32. The van der Waals surface area contributed by atoms with E-state index < -0.39 is 0 Å². The molecule has 0 unspecified atom stereocenters. The van der Waals surface area contributed by atoms with Gasteiger partial charge in [0.25, 0.3) is 11.8 Å². The first-order chi connectivity index (χ1) is 13.4. The molecule has 0 bridgehead atoms. The van der Waals surface area contributed by atoms with Crippen LogP contribution < -0.4 is 15.5 Å². The number of hydrogen-bond acceptors (Lipinski definition) is 3. The van der Waals surface area contributed by atoms with Crippen molar-refractivity contribution in [2.45, 2.75) is 52.5 Å². The summed E-state index contributed by atoms with van der Waals surface area (Å²) < 4.78 is 7.33. The van der Waals surface area contributed by atoms with E-state index in [-0.39, 0.29) is 24.5 Å². The maximum Gasteiger partial charge on any atom is 0.270 e. The first-order valence-electron chi connectivity index (χ1n) is 9.92. The Kier molecular flexibility index (Phi) is 6.39. The fourth-order valence-electron chi connectivity index (χ4n) is 3.64. The fourth-order valence-corrected chi connectivity index (χ4v) is 3.64. The fraction of sp³-hybridized carbons (Fsp3) is 0.455. The highest BCUT2D eigenvalue weighted by Gasteiger charge is 2.22. The van der Waals surface area contributed by atoms with E-state index in [4.69, 9.17) is 4.74 Å². The number of amides is 2. The Balaban J connectivity index is 1.50. The highest BCUT2D eigenvalue weighted by molar-refractivity contribution is 6.00. The Hall–Kier alpha value is -2.76. The van der Waals surface area contributed by atoms with Gasteiger partial charge in [-0.3, -0.25) is 19.7 Å². The van der Waals surface area contributed by atoms with Gasteiger partial charge in [-0.25, -0.2) is 0 Å². The zero-order valence-corrected chi connectivity index (χ0v) is 16.8. The van der Waals surface area contributed by atoms with Crippen LogP contribution in [-0.4, -0.2) is 29.1 Å². The predicted molar refractivity (Wildman–Crippen MR) is 109 cm³/mol. The van der Waals surface area contributed by atoms with Crippen molar-refractivity contribution < 1.29 is 14.3 Å². The molecule has 1 heterocycles. The summed E-state index contributed by atoms with van der Waals surface area (Å²) in [5, 5.41) is 3.07. The highest BCUT2D eigenvalue weighted by atomic mass is 16.5. The van der Waals surface area contributed by atoms with Gasteiger partial charge in [-0.05, 0) is 69.0 Å². The van der Waals surface area contributed by atoms with Crippen LogP contribution in [0.1, 0.15) is 54.4 Å².